The number of ether oxygens (including phenoxy) is 2. The topological polar surface area (TPSA) is 47.1 Å². The minimum atomic E-state index is 0.126. The molecule has 0 aromatic carbocycles. The summed E-state index contributed by atoms with van der Waals surface area (Å²) < 4.78 is 10.8. The molecule has 1 N–H and O–H groups in total. The molecule has 1 aromatic rings. The highest BCUT2D eigenvalue weighted by molar-refractivity contribution is 7.71. The van der Waals surface area contributed by atoms with Crippen LogP contribution in [0.3, 0.4) is 0 Å². The number of H-pyrrole nitrogens is 1. The maximum absolute atomic E-state index is 5.17. The number of hydrogen-bond acceptors (Lipinski definition) is 4. The molecule has 0 amide bonds. The predicted octanol–water partition coefficient (Wildman–Crippen LogP) is 1.86. The molecule has 0 fully saturated rings. The first-order valence-electron chi connectivity index (χ1n) is 4.76. The van der Waals surface area contributed by atoms with Crippen LogP contribution >= 0.6 is 12.2 Å². The lowest BCUT2D eigenvalue weighted by Gasteiger charge is -2.09. The van der Waals surface area contributed by atoms with Crippen molar-refractivity contribution in [1.29, 1.82) is 0 Å². The lowest BCUT2D eigenvalue weighted by molar-refractivity contribution is 0.116. The maximum atomic E-state index is 5.17. The van der Waals surface area contributed by atoms with Crippen molar-refractivity contribution in [2.45, 2.75) is 26.1 Å². The lowest BCUT2D eigenvalue weighted by Crippen LogP contribution is -2.12. The van der Waals surface area contributed by atoms with Gasteiger partial charge in [0, 0.05) is 26.3 Å². The zero-order valence-corrected chi connectivity index (χ0v) is 10.1. The minimum Gasteiger partial charge on any atom is -0.381 e. The largest absolute Gasteiger partial charge is 0.381 e. The molecule has 0 saturated heterocycles. The number of nitrogens with one attached hydrogen (secondary N) is 1. The van der Waals surface area contributed by atoms with Gasteiger partial charge in [0.1, 0.15) is 10.5 Å². The van der Waals surface area contributed by atoms with E-state index in [9.17, 15) is 0 Å². The molecule has 4 nitrogen and oxygen atoms in total. The summed E-state index contributed by atoms with van der Waals surface area (Å²) in [6.45, 7) is 2.50. The summed E-state index contributed by atoms with van der Waals surface area (Å²) in [6.07, 6.45) is 0.846. The van der Waals surface area contributed by atoms with Gasteiger partial charge in [-0.1, -0.05) is 12.2 Å². The molecule has 1 aromatic heterocycles. The van der Waals surface area contributed by atoms with Crippen LogP contribution in [0.15, 0.2) is 6.07 Å². The van der Waals surface area contributed by atoms with E-state index in [0.717, 1.165) is 17.9 Å². The minimum absolute atomic E-state index is 0.126. The lowest BCUT2D eigenvalue weighted by atomic mass is 10.2. The zero-order valence-electron chi connectivity index (χ0n) is 9.24. The van der Waals surface area contributed by atoms with Crippen LogP contribution in [0.1, 0.15) is 18.4 Å². The molecule has 5 heteroatoms. The van der Waals surface area contributed by atoms with Gasteiger partial charge in [-0.15, -0.1) is 0 Å². The summed E-state index contributed by atoms with van der Waals surface area (Å²) in [4.78, 5) is 7.40. The second-order valence-corrected chi connectivity index (χ2v) is 3.79. The van der Waals surface area contributed by atoms with Gasteiger partial charge in [-0.2, -0.15) is 0 Å². The van der Waals surface area contributed by atoms with Crippen molar-refractivity contribution in [3.05, 3.63) is 22.2 Å². The highest BCUT2D eigenvalue weighted by Crippen LogP contribution is 2.03. The molecule has 15 heavy (non-hydrogen) atoms. The van der Waals surface area contributed by atoms with E-state index in [1.165, 1.54) is 0 Å². The Morgan fingerprint density at radius 2 is 2.27 bits per heavy atom. The molecule has 0 aliphatic carbocycles. The van der Waals surface area contributed by atoms with Gasteiger partial charge in [0.25, 0.3) is 0 Å². The molecule has 1 atom stereocenters. The van der Waals surface area contributed by atoms with Crippen molar-refractivity contribution >= 4 is 12.2 Å². The van der Waals surface area contributed by atoms with Gasteiger partial charge in [-0.05, 0) is 13.0 Å². The molecule has 0 spiro atoms. The first kappa shape index (κ1) is 12.3. The van der Waals surface area contributed by atoms with Gasteiger partial charge < -0.3 is 14.5 Å². The molecular formula is C10H16N2O2S. The normalized spacial score (nSPS) is 12.7. The number of hydrogen-bond donors (Lipinski definition) is 1. The third kappa shape index (κ3) is 4.07. The summed E-state index contributed by atoms with van der Waals surface area (Å²) in [5.41, 5.74) is 0.941. The average Bonchev–Trinajstić information content (AvgIpc) is 2.17. The predicted molar refractivity (Wildman–Crippen MR) is 60.3 cm³/mol. The van der Waals surface area contributed by atoms with Crippen molar-refractivity contribution in [2.24, 2.45) is 0 Å². The molecule has 0 saturated carbocycles. The Kier molecular flexibility index (Phi) is 4.87. The van der Waals surface area contributed by atoms with Crippen LogP contribution in [0.5, 0.6) is 0 Å². The molecular weight excluding hydrogens is 212 g/mol. The number of aromatic amines is 1. The van der Waals surface area contributed by atoms with Gasteiger partial charge in [-0.3, -0.25) is 0 Å². The van der Waals surface area contributed by atoms with Gasteiger partial charge >= 0.3 is 0 Å². The van der Waals surface area contributed by atoms with Crippen molar-refractivity contribution in [3.8, 4) is 0 Å². The van der Waals surface area contributed by atoms with Crippen LogP contribution in [0.25, 0.3) is 0 Å². The van der Waals surface area contributed by atoms with E-state index in [2.05, 4.69) is 9.97 Å². The van der Waals surface area contributed by atoms with E-state index in [0.29, 0.717) is 11.2 Å². The average molecular weight is 228 g/mol. The molecule has 0 radical (unpaired) electrons. The van der Waals surface area contributed by atoms with E-state index >= 15 is 0 Å². The summed E-state index contributed by atoms with van der Waals surface area (Å²) in [5, 5.41) is 0. The monoisotopic (exact) mass is 228 g/mol. The van der Waals surface area contributed by atoms with Crippen LogP contribution in [-0.2, 0) is 22.5 Å². The van der Waals surface area contributed by atoms with Crippen LogP contribution in [-0.4, -0.2) is 30.3 Å². The van der Waals surface area contributed by atoms with Crippen molar-refractivity contribution in [3.63, 3.8) is 0 Å². The third-order valence-electron chi connectivity index (χ3n) is 2.03. The van der Waals surface area contributed by atoms with E-state index in [1.54, 1.807) is 20.3 Å². The van der Waals surface area contributed by atoms with Crippen LogP contribution in [0, 0.1) is 4.64 Å². The Morgan fingerprint density at radius 1 is 1.53 bits per heavy atom. The summed E-state index contributed by atoms with van der Waals surface area (Å²) in [5.74, 6) is 0.837. The van der Waals surface area contributed by atoms with Crippen LogP contribution in [0.4, 0.5) is 0 Å². The van der Waals surface area contributed by atoms with E-state index < -0.39 is 0 Å². The smallest absolute Gasteiger partial charge is 0.130 e. The van der Waals surface area contributed by atoms with Crippen molar-refractivity contribution in [2.75, 3.05) is 14.2 Å². The standard InChI is InChI=1S/C10H16N2O2S/c1-7(14-3)4-9-11-8(6-13-2)5-10(15)12-9/h5,7H,4,6H2,1-3H3,(H,11,12,15). The fraction of sp³-hybridized carbons (Fsp3) is 0.600. The van der Waals surface area contributed by atoms with Gasteiger partial charge in [0.05, 0.1) is 12.7 Å². The highest BCUT2D eigenvalue weighted by atomic mass is 32.1. The number of rotatable bonds is 5. The Morgan fingerprint density at radius 3 is 2.87 bits per heavy atom. The summed E-state index contributed by atoms with van der Waals surface area (Å²) >= 11 is 5.06. The van der Waals surface area contributed by atoms with E-state index in [1.807, 2.05) is 6.92 Å². The van der Waals surface area contributed by atoms with Crippen LogP contribution < -0.4 is 0 Å². The second kappa shape index (κ2) is 5.95. The Bertz CT molecular complexity index is 365. The Hall–Kier alpha value is -0.780. The molecule has 1 heterocycles. The Balaban J connectivity index is 2.83. The SMILES string of the molecule is COCc1cc(=S)nc(CC(C)OC)[nH]1. The molecule has 1 rings (SSSR count). The molecule has 0 bridgehead atoms. The maximum Gasteiger partial charge on any atom is 0.130 e. The second-order valence-electron chi connectivity index (χ2n) is 3.37. The first-order chi connectivity index (χ1) is 7.15. The Labute approximate surface area is 94.6 Å². The van der Waals surface area contributed by atoms with E-state index in [-0.39, 0.29) is 6.10 Å². The van der Waals surface area contributed by atoms with Crippen molar-refractivity contribution in [1.82, 2.24) is 9.97 Å². The molecule has 1 unspecified atom stereocenters. The molecule has 0 aliphatic heterocycles. The van der Waals surface area contributed by atoms with Gasteiger partial charge in [-0.25, -0.2) is 4.98 Å². The van der Waals surface area contributed by atoms with Crippen LogP contribution in [0.2, 0.25) is 0 Å². The summed E-state index contributed by atoms with van der Waals surface area (Å²) in [7, 11) is 3.33. The summed E-state index contributed by atoms with van der Waals surface area (Å²) in [6, 6.07) is 1.81. The number of aromatic nitrogens is 2. The van der Waals surface area contributed by atoms with E-state index in [4.69, 9.17) is 21.7 Å². The zero-order chi connectivity index (χ0) is 11.3. The third-order valence-corrected chi connectivity index (χ3v) is 2.24. The quantitative estimate of drug-likeness (QED) is 0.781. The highest BCUT2D eigenvalue weighted by Gasteiger charge is 2.04. The first-order valence-corrected chi connectivity index (χ1v) is 5.17. The number of methoxy groups -OCH3 is 2. The fourth-order valence-electron chi connectivity index (χ4n) is 1.25. The van der Waals surface area contributed by atoms with Gasteiger partial charge in [0.2, 0.25) is 0 Å². The van der Waals surface area contributed by atoms with Crippen molar-refractivity contribution < 1.29 is 9.47 Å². The number of nitrogens with zero attached hydrogens (tertiary/aromatic N) is 1. The fourth-order valence-corrected chi connectivity index (χ4v) is 1.50. The molecule has 0 aliphatic rings. The van der Waals surface area contributed by atoms with Gasteiger partial charge in [0.15, 0.2) is 0 Å². The molecule has 84 valence electrons.